The highest BCUT2D eigenvalue weighted by atomic mass is 35.5. The van der Waals surface area contributed by atoms with Gasteiger partial charge >= 0.3 is 0 Å². The van der Waals surface area contributed by atoms with Gasteiger partial charge in [-0.05, 0) is 42.7 Å². The van der Waals surface area contributed by atoms with E-state index in [1.807, 2.05) is 24.3 Å². The number of carbonyl (C=O) groups excluding carboxylic acids is 2. The smallest absolute Gasteiger partial charge is 0.256 e. The Morgan fingerprint density at radius 2 is 1.77 bits per heavy atom. The molecule has 2 aromatic carbocycles. The summed E-state index contributed by atoms with van der Waals surface area (Å²) < 4.78 is 0. The number of pyridine rings is 1. The molecule has 6 nitrogen and oxygen atoms in total. The molecule has 1 saturated heterocycles. The largest absolute Gasteiger partial charge is 0.378 e. The first-order valence-corrected chi connectivity index (χ1v) is 10.2. The Morgan fingerprint density at radius 3 is 2.43 bits per heavy atom. The maximum absolute atomic E-state index is 12.7. The van der Waals surface area contributed by atoms with Crippen LogP contribution in [0, 0.1) is 0 Å². The highest BCUT2D eigenvalue weighted by Crippen LogP contribution is 2.32. The number of nitrogens with zero attached hydrogens (tertiary/aromatic N) is 2. The molecule has 1 aromatic heterocycles. The van der Waals surface area contributed by atoms with Crippen LogP contribution in [0.5, 0.6) is 0 Å². The van der Waals surface area contributed by atoms with Crippen LogP contribution in [0.1, 0.15) is 46.5 Å². The van der Waals surface area contributed by atoms with Crippen molar-refractivity contribution < 1.29 is 14.7 Å². The summed E-state index contributed by atoms with van der Waals surface area (Å²) >= 11 is 5.87. The first-order chi connectivity index (χ1) is 14.4. The molecule has 30 heavy (non-hydrogen) atoms. The molecule has 0 spiro atoms. The van der Waals surface area contributed by atoms with Gasteiger partial charge in [-0.2, -0.15) is 0 Å². The van der Waals surface area contributed by atoms with Crippen LogP contribution in [-0.4, -0.2) is 39.9 Å². The predicted molar refractivity (Wildman–Crippen MR) is 115 cm³/mol. The average Bonchev–Trinajstić information content (AvgIpc) is 2.78. The number of rotatable bonds is 4. The lowest BCUT2D eigenvalue weighted by molar-refractivity contribution is -0.141. The third-order valence-electron chi connectivity index (χ3n) is 5.63. The number of fused-ring (bicyclic) bond motifs is 1. The molecular formula is C23H22ClN3O3. The molecular weight excluding hydrogens is 402 g/mol. The third kappa shape index (κ3) is 4.01. The lowest BCUT2D eigenvalue weighted by Gasteiger charge is -2.33. The van der Waals surface area contributed by atoms with Crippen LogP contribution in [0.25, 0.3) is 10.9 Å². The van der Waals surface area contributed by atoms with Crippen molar-refractivity contribution in [3.8, 4) is 0 Å². The SMILES string of the molecule is NC(=O)c1cc2ccccc2nc1C1CCN(C(=O)C(O)c2ccc(Cl)cc2)CC1. The van der Waals surface area contributed by atoms with Gasteiger partial charge in [0.15, 0.2) is 6.10 Å². The molecule has 3 aromatic rings. The van der Waals surface area contributed by atoms with Gasteiger partial charge in [-0.1, -0.05) is 41.9 Å². The summed E-state index contributed by atoms with van der Waals surface area (Å²) in [5, 5.41) is 11.9. The fraction of sp³-hybridized carbons (Fsp3) is 0.261. The van der Waals surface area contributed by atoms with Crippen LogP contribution in [0.3, 0.4) is 0 Å². The molecule has 0 saturated carbocycles. The van der Waals surface area contributed by atoms with E-state index >= 15 is 0 Å². The van der Waals surface area contributed by atoms with Crippen molar-refractivity contribution in [2.75, 3.05) is 13.1 Å². The number of aromatic nitrogens is 1. The zero-order chi connectivity index (χ0) is 21.3. The number of halogens is 1. The van der Waals surface area contributed by atoms with Gasteiger partial charge in [0.1, 0.15) is 0 Å². The molecule has 1 aliphatic rings. The maximum atomic E-state index is 12.7. The summed E-state index contributed by atoms with van der Waals surface area (Å²) in [5.74, 6) is -0.814. The van der Waals surface area contributed by atoms with Crippen LogP contribution in [0.4, 0.5) is 0 Å². The van der Waals surface area contributed by atoms with E-state index in [-0.39, 0.29) is 11.8 Å². The van der Waals surface area contributed by atoms with Gasteiger partial charge < -0.3 is 15.7 Å². The van der Waals surface area contributed by atoms with Gasteiger partial charge in [-0.3, -0.25) is 14.6 Å². The number of benzene rings is 2. The summed E-state index contributed by atoms with van der Waals surface area (Å²) in [6, 6.07) is 16.0. The van der Waals surface area contributed by atoms with Crippen LogP contribution in [0.2, 0.25) is 5.02 Å². The number of piperidine rings is 1. The summed E-state index contributed by atoms with van der Waals surface area (Å²) in [5.41, 5.74) is 8.06. The van der Waals surface area contributed by atoms with E-state index in [9.17, 15) is 14.7 Å². The number of likely N-dealkylation sites (tertiary alicyclic amines) is 1. The summed E-state index contributed by atoms with van der Waals surface area (Å²) in [4.78, 5) is 31.1. The number of primary amides is 1. The molecule has 3 N–H and O–H groups in total. The van der Waals surface area contributed by atoms with Crippen molar-refractivity contribution in [1.29, 1.82) is 0 Å². The van der Waals surface area contributed by atoms with Crippen LogP contribution in [-0.2, 0) is 4.79 Å². The minimum absolute atomic E-state index is 0.0221. The van der Waals surface area contributed by atoms with Crippen LogP contribution in [0.15, 0.2) is 54.6 Å². The number of para-hydroxylation sites is 1. The van der Waals surface area contributed by atoms with Crippen LogP contribution >= 0.6 is 11.6 Å². The number of aliphatic hydroxyl groups excluding tert-OH is 1. The fourth-order valence-electron chi connectivity index (χ4n) is 3.97. The standard InChI is InChI=1S/C23H22ClN3O3/c24-17-7-5-15(6-8-17)21(28)23(30)27-11-9-14(10-12-27)20-18(22(25)29)13-16-3-1-2-4-19(16)26-20/h1-8,13-14,21,28H,9-12H2,(H2,25,29). The van der Waals surface area contributed by atoms with Gasteiger partial charge in [0.2, 0.25) is 0 Å². The van der Waals surface area contributed by atoms with Gasteiger partial charge in [0, 0.05) is 29.4 Å². The Balaban J connectivity index is 1.50. The number of carbonyl (C=O) groups is 2. The maximum Gasteiger partial charge on any atom is 0.256 e. The third-order valence-corrected chi connectivity index (χ3v) is 5.88. The van der Waals surface area contributed by atoms with Crippen molar-refractivity contribution >= 4 is 34.3 Å². The zero-order valence-electron chi connectivity index (χ0n) is 16.3. The van der Waals surface area contributed by atoms with Crippen molar-refractivity contribution in [2.24, 2.45) is 5.73 Å². The molecule has 7 heteroatoms. The Morgan fingerprint density at radius 1 is 1.10 bits per heavy atom. The monoisotopic (exact) mass is 423 g/mol. The van der Waals surface area contributed by atoms with E-state index < -0.39 is 12.0 Å². The number of aliphatic hydroxyl groups is 1. The second-order valence-electron chi connectivity index (χ2n) is 7.53. The summed E-state index contributed by atoms with van der Waals surface area (Å²) in [7, 11) is 0. The van der Waals surface area contributed by atoms with E-state index in [1.54, 1.807) is 35.2 Å². The van der Waals surface area contributed by atoms with Crippen LogP contribution < -0.4 is 5.73 Å². The molecule has 0 bridgehead atoms. The molecule has 2 amide bonds. The summed E-state index contributed by atoms with van der Waals surface area (Å²) in [6.07, 6.45) is 0.0638. The molecule has 1 atom stereocenters. The normalized spacial score (nSPS) is 15.9. The van der Waals surface area contributed by atoms with Gasteiger partial charge in [-0.15, -0.1) is 0 Å². The molecule has 1 unspecified atom stereocenters. The molecule has 2 heterocycles. The summed E-state index contributed by atoms with van der Waals surface area (Å²) in [6.45, 7) is 0.946. The lowest BCUT2D eigenvalue weighted by Crippen LogP contribution is -2.41. The molecule has 0 radical (unpaired) electrons. The van der Waals surface area contributed by atoms with Crippen molar-refractivity contribution in [1.82, 2.24) is 9.88 Å². The molecule has 1 aliphatic heterocycles. The number of amides is 2. The number of nitrogens with two attached hydrogens (primary N) is 1. The molecule has 0 aliphatic carbocycles. The number of hydrogen-bond donors (Lipinski definition) is 2. The molecule has 154 valence electrons. The highest BCUT2D eigenvalue weighted by Gasteiger charge is 2.30. The number of hydrogen-bond acceptors (Lipinski definition) is 4. The zero-order valence-corrected chi connectivity index (χ0v) is 17.0. The van der Waals surface area contributed by atoms with Gasteiger partial charge in [0.05, 0.1) is 16.8 Å². The highest BCUT2D eigenvalue weighted by molar-refractivity contribution is 6.30. The van der Waals surface area contributed by atoms with Gasteiger partial charge in [0.25, 0.3) is 11.8 Å². The minimum Gasteiger partial charge on any atom is -0.378 e. The van der Waals surface area contributed by atoms with E-state index in [0.29, 0.717) is 47.8 Å². The Bertz CT molecular complexity index is 1090. The Kier molecular flexibility index (Phi) is 5.70. The second-order valence-corrected chi connectivity index (χ2v) is 7.97. The fourth-order valence-corrected chi connectivity index (χ4v) is 4.10. The Hall–Kier alpha value is -2.96. The van der Waals surface area contributed by atoms with E-state index in [2.05, 4.69) is 0 Å². The lowest BCUT2D eigenvalue weighted by atomic mass is 9.89. The van der Waals surface area contributed by atoms with E-state index in [4.69, 9.17) is 22.3 Å². The second kappa shape index (κ2) is 8.42. The van der Waals surface area contributed by atoms with Gasteiger partial charge in [-0.25, -0.2) is 0 Å². The van der Waals surface area contributed by atoms with Crippen molar-refractivity contribution in [3.63, 3.8) is 0 Å². The quantitative estimate of drug-likeness (QED) is 0.671. The topological polar surface area (TPSA) is 96.5 Å². The first-order valence-electron chi connectivity index (χ1n) is 9.86. The first kappa shape index (κ1) is 20.3. The average molecular weight is 424 g/mol. The van der Waals surface area contributed by atoms with Crippen molar-refractivity contribution in [3.05, 3.63) is 76.4 Å². The predicted octanol–water partition coefficient (Wildman–Crippen LogP) is 3.43. The van der Waals surface area contributed by atoms with Crippen molar-refractivity contribution in [2.45, 2.75) is 24.9 Å². The molecule has 4 rings (SSSR count). The van der Waals surface area contributed by atoms with E-state index in [1.165, 1.54) is 0 Å². The molecule has 1 fully saturated rings. The Labute approximate surface area is 179 Å². The minimum atomic E-state index is -1.22. The van der Waals surface area contributed by atoms with E-state index in [0.717, 1.165) is 10.9 Å².